The molecule has 2 nitrogen and oxygen atoms in total. The van der Waals surface area contributed by atoms with Gasteiger partial charge in [-0.25, -0.2) is 0 Å². The molecule has 2 rings (SSSR count). The second-order valence-electron chi connectivity index (χ2n) is 4.96. The summed E-state index contributed by atoms with van der Waals surface area (Å²) >= 11 is 0. The van der Waals surface area contributed by atoms with Crippen LogP contribution in [0.2, 0.25) is 0 Å². The molecule has 1 atom stereocenters. The van der Waals surface area contributed by atoms with E-state index in [-0.39, 0.29) is 0 Å². The zero-order chi connectivity index (χ0) is 13.8. The Morgan fingerprint density at radius 3 is 2.37 bits per heavy atom. The van der Waals surface area contributed by atoms with Gasteiger partial charge >= 0.3 is 0 Å². The number of hydrogen-bond acceptors (Lipinski definition) is 2. The lowest BCUT2D eigenvalue weighted by molar-refractivity contribution is 0.682. The molecule has 100 valence electrons. The number of hydrogen-bond donors (Lipinski definition) is 1. The van der Waals surface area contributed by atoms with Crippen LogP contribution in [0.4, 0.5) is 5.69 Å². The van der Waals surface area contributed by atoms with Crippen LogP contribution in [0.3, 0.4) is 0 Å². The fourth-order valence-corrected chi connectivity index (χ4v) is 3.05. The first kappa shape index (κ1) is 13.8. The predicted molar refractivity (Wildman–Crippen MR) is 81.5 cm³/mol. The van der Waals surface area contributed by atoms with E-state index in [2.05, 4.69) is 38.1 Å². The third kappa shape index (κ3) is 3.67. The van der Waals surface area contributed by atoms with Crippen molar-refractivity contribution in [2.75, 3.05) is 5.73 Å². The highest BCUT2D eigenvalue weighted by atomic mass is 32.2. The van der Waals surface area contributed by atoms with E-state index in [9.17, 15) is 4.21 Å². The summed E-state index contributed by atoms with van der Waals surface area (Å²) in [5, 5.41) is 0. The number of benzene rings is 2. The first-order valence-electron chi connectivity index (χ1n) is 6.39. The summed E-state index contributed by atoms with van der Waals surface area (Å²) in [5.41, 5.74) is 8.75. The minimum absolute atomic E-state index is 0.522. The van der Waals surface area contributed by atoms with Crippen molar-refractivity contribution in [1.29, 1.82) is 0 Å². The number of nitrogen functional groups attached to an aromatic ring is 1. The summed E-state index contributed by atoms with van der Waals surface area (Å²) in [6.07, 6.45) is 0. The first-order chi connectivity index (χ1) is 9.06. The van der Waals surface area contributed by atoms with Crippen LogP contribution in [0, 0.1) is 0 Å². The van der Waals surface area contributed by atoms with Gasteiger partial charge < -0.3 is 5.73 Å². The molecule has 0 bridgehead atoms. The molecule has 0 aromatic heterocycles. The smallest absolute Gasteiger partial charge is 0.0574 e. The van der Waals surface area contributed by atoms with Crippen LogP contribution in [0.5, 0.6) is 0 Å². The molecule has 1 unspecified atom stereocenters. The quantitative estimate of drug-likeness (QED) is 0.863. The van der Waals surface area contributed by atoms with Crippen molar-refractivity contribution in [3.63, 3.8) is 0 Å². The highest BCUT2D eigenvalue weighted by molar-refractivity contribution is 7.84. The lowest BCUT2D eigenvalue weighted by Gasteiger charge is -2.07. The molecule has 2 N–H and O–H groups in total. The highest BCUT2D eigenvalue weighted by Gasteiger charge is 2.06. The standard InChI is InChI=1S/C16H19NOS/c1-12(2)14-8-6-13(7-9-14)11-19(18)16-5-3-4-15(17)10-16/h3-10,12H,11,17H2,1-2H3. The Morgan fingerprint density at radius 2 is 1.79 bits per heavy atom. The third-order valence-corrected chi connectivity index (χ3v) is 4.44. The van der Waals surface area contributed by atoms with Gasteiger partial charge in [-0.2, -0.15) is 0 Å². The van der Waals surface area contributed by atoms with E-state index in [1.54, 1.807) is 12.1 Å². The lowest BCUT2D eigenvalue weighted by atomic mass is 10.0. The summed E-state index contributed by atoms with van der Waals surface area (Å²) < 4.78 is 12.2. The van der Waals surface area contributed by atoms with Gasteiger partial charge in [0.15, 0.2) is 0 Å². The van der Waals surface area contributed by atoms with Crippen LogP contribution in [-0.2, 0) is 16.6 Å². The van der Waals surface area contributed by atoms with E-state index in [0.717, 1.165) is 10.5 Å². The van der Waals surface area contributed by atoms with Crippen molar-refractivity contribution in [3.05, 3.63) is 59.7 Å². The van der Waals surface area contributed by atoms with Gasteiger partial charge in [0.25, 0.3) is 0 Å². The minimum atomic E-state index is -1.04. The molecule has 0 heterocycles. The van der Waals surface area contributed by atoms with Crippen LogP contribution in [0.15, 0.2) is 53.4 Å². The maximum Gasteiger partial charge on any atom is 0.0574 e. The van der Waals surface area contributed by atoms with Crippen molar-refractivity contribution >= 4 is 16.5 Å². The summed E-state index contributed by atoms with van der Waals surface area (Å²) in [5.74, 6) is 1.05. The molecule has 0 saturated heterocycles. The molecule has 0 radical (unpaired) electrons. The second-order valence-corrected chi connectivity index (χ2v) is 6.41. The fraction of sp³-hybridized carbons (Fsp3) is 0.250. The third-order valence-electron chi connectivity index (χ3n) is 3.07. The SMILES string of the molecule is CC(C)c1ccc(CS(=O)c2cccc(N)c2)cc1. The number of nitrogens with two attached hydrogens (primary N) is 1. The molecule has 0 aliphatic carbocycles. The monoisotopic (exact) mass is 273 g/mol. The van der Waals surface area contributed by atoms with E-state index < -0.39 is 10.8 Å². The van der Waals surface area contributed by atoms with Gasteiger partial charge in [0.2, 0.25) is 0 Å². The van der Waals surface area contributed by atoms with E-state index >= 15 is 0 Å². The average molecular weight is 273 g/mol. The van der Waals surface area contributed by atoms with Crippen LogP contribution < -0.4 is 5.73 Å². The van der Waals surface area contributed by atoms with E-state index in [4.69, 9.17) is 5.73 Å². The van der Waals surface area contributed by atoms with Gasteiger partial charge in [-0.3, -0.25) is 4.21 Å². The molecule has 0 spiro atoms. The van der Waals surface area contributed by atoms with Crippen molar-refractivity contribution < 1.29 is 4.21 Å². The topological polar surface area (TPSA) is 43.1 Å². The Labute approximate surface area is 117 Å². The molecule has 0 aliphatic heterocycles. The van der Waals surface area contributed by atoms with Crippen molar-refractivity contribution in [1.82, 2.24) is 0 Å². The Hall–Kier alpha value is -1.61. The molecule has 0 saturated carbocycles. The van der Waals surface area contributed by atoms with Crippen molar-refractivity contribution in [3.8, 4) is 0 Å². The molecule has 0 fully saturated rings. The van der Waals surface area contributed by atoms with Gasteiger partial charge in [-0.1, -0.05) is 44.2 Å². The highest BCUT2D eigenvalue weighted by Crippen LogP contribution is 2.18. The maximum atomic E-state index is 12.2. The van der Waals surface area contributed by atoms with Crippen LogP contribution >= 0.6 is 0 Å². The Kier molecular flexibility index (Phi) is 4.38. The van der Waals surface area contributed by atoms with Gasteiger partial charge in [-0.15, -0.1) is 0 Å². The first-order valence-corrected chi connectivity index (χ1v) is 7.71. The Morgan fingerprint density at radius 1 is 1.11 bits per heavy atom. The van der Waals surface area contributed by atoms with Crippen LogP contribution in [-0.4, -0.2) is 4.21 Å². The van der Waals surface area contributed by atoms with E-state index in [1.165, 1.54) is 5.56 Å². The lowest BCUT2D eigenvalue weighted by Crippen LogP contribution is -1.98. The molecule has 2 aromatic rings. The second kappa shape index (κ2) is 6.02. The molecule has 2 aromatic carbocycles. The minimum Gasteiger partial charge on any atom is -0.399 e. The number of rotatable bonds is 4. The largest absolute Gasteiger partial charge is 0.399 e. The van der Waals surface area contributed by atoms with Gasteiger partial charge in [0.1, 0.15) is 0 Å². The van der Waals surface area contributed by atoms with E-state index in [0.29, 0.717) is 17.4 Å². The zero-order valence-electron chi connectivity index (χ0n) is 11.3. The summed E-state index contributed by atoms with van der Waals surface area (Å²) in [6, 6.07) is 15.6. The molecular weight excluding hydrogens is 254 g/mol. The van der Waals surface area contributed by atoms with E-state index in [1.807, 2.05) is 12.1 Å². The Bertz CT molecular complexity index is 576. The number of anilines is 1. The fourth-order valence-electron chi connectivity index (χ4n) is 1.89. The summed E-state index contributed by atoms with van der Waals surface area (Å²) in [6.45, 7) is 4.33. The zero-order valence-corrected chi connectivity index (χ0v) is 12.1. The molecule has 19 heavy (non-hydrogen) atoms. The Balaban J connectivity index is 2.10. The molecular formula is C16H19NOS. The van der Waals surface area contributed by atoms with Crippen LogP contribution in [0.1, 0.15) is 30.9 Å². The molecule has 3 heteroatoms. The predicted octanol–water partition coefficient (Wildman–Crippen LogP) is 3.70. The molecule has 0 amide bonds. The van der Waals surface area contributed by atoms with Crippen LogP contribution in [0.25, 0.3) is 0 Å². The van der Waals surface area contributed by atoms with Crippen molar-refractivity contribution in [2.45, 2.75) is 30.4 Å². The van der Waals surface area contributed by atoms with Gasteiger partial charge in [0, 0.05) is 10.6 Å². The average Bonchev–Trinajstić information content (AvgIpc) is 2.39. The normalized spacial score (nSPS) is 12.6. The van der Waals surface area contributed by atoms with Crippen molar-refractivity contribution in [2.24, 2.45) is 0 Å². The summed E-state index contributed by atoms with van der Waals surface area (Å²) in [7, 11) is -1.04. The molecule has 0 aliphatic rings. The van der Waals surface area contributed by atoms with Gasteiger partial charge in [0.05, 0.1) is 16.6 Å². The summed E-state index contributed by atoms with van der Waals surface area (Å²) in [4.78, 5) is 0.785. The van der Waals surface area contributed by atoms with Gasteiger partial charge in [-0.05, 0) is 35.2 Å². The maximum absolute atomic E-state index is 12.2.